The van der Waals surface area contributed by atoms with Crippen LogP contribution >= 0.6 is 0 Å². The molecule has 0 radical (unpaired) electrons. The molecule has 27 heavy (non-hydrogen) atoms. The van der Waals surface area contributed by atoms with Crippen molar-refractivity contribution < 1.29 is 19.1 Å². The summed E-state index contributed by atoms with van der Waals surface area (Å²) in [5, 5.41) is 2.74. The van der Waals surface area contributed by atoms with Gasteiger partial charge in [0.05, 0.1) is 7.11 Å². The molecule has 1 aliphatic heterocycles. The molecule has 0 spiro atoms. The molecule has 140 valence electrons. The summed E-state index contributed by atoms with van der Waals surface area (Å²) in [6.45, 7) is 0.655. The molecule has 1 atom stereocenters. The van der Waals surface area contributed by atoms with Gasteiger partial charge in [0.25, 0.3) is 5.91 Å². The van der Waals surface area contributed by atoms with Gasteiger partial charge in [-0.05, 0) is 30.2 Å². The smallest absolute Gasteiger partial charge is 0.328 e. The minimum Gasteiger partial charge on any atom is -0.467 e. The second-order valence-corrected chi connectivity index (χ2v) is 6.44. The maximum absolute atomic E-state index is 12.7. The Morgan fingerprint density at radius 1 is 1.15 bits per heavy atom. The highest BCUT2D eigenvalue weighted by molar-refractivity contribution is 6.00. The van der Waals surface area contributed by atoms with Crippen molar-refractivity contribution in [2.24, 2.45) is 0 Å². The van der Waals surface area contributed by atoms with E-state index in [1.165, 1.54) is 7.11 Å². The van der Waals surface area contributed by atoms with Gasteiger partial charge in [0, 0.05) is 30.6 Å². The lowest BCUT2D eigenvalue weighted by Gasteiger charge is -2.19. The van der Waals surface area contributed by atoms with E-state index in [0.29, 0.717) is 30.6 Å². The Kier molecular flexibility index (Phi) is 5.86. The van der Waals surface area contributed by atoms with Crippen molar-refractivity contribution >= 4 is 23.5 Å². The first-order chi connectivity index (χ1) is 13.1. The highest BCUT2D eigenvalue weighted by atomic mass is 16.5. The third kappa shape index (κ3) is 4.53. The SMILES string of the molecule is COC(=O)C(Cc1ccccc1)NC(=O)c1cccc(N2CCCC2=O)c1. The Morgan fingerprint density at radius 2 is 1.93 bits per heavy atom. The molecule has 2 aromatic carbocycles. The molecule has 0 bridgehead atoms. The van der Waals surface area contributed by atoms with Crippen LogP contribution in [-0.4, -0.2) is 37.5 Å². The molecule has 6 heteroatoms. The molecule has 1 unspecified atom stereocenters. The van der Waals surface area contributed by atoms with Crippen molar-refractivity contribution in [1.29, 1.82) is 0 Å². The molecule has 1 heterocycles. The zero-order chi connectivity index (χ0) is 19.2. The summed E-state index contributed by atoms with van der Waals surface area (Å²) in [4.78, 5) is 38.4. The average molecular weight is 366 g/mol. The highest BCUT2D eigenvalue weighted by Crippen LogP contribution is 2.22. The van der Waals surface area contributed by atoms with Crippen LogP contribution < -0.4 is 10.2 Å². The molecule has 1 N–H and O–H groups in total. The monoisotopic (exact) mass is 366 g/mol. The first-order valence-electron chi connectivity index (χ1n) is 8.91. The fourth-order valence-corrected chi connectivity index (χ4v) is 3.16. The number of nitrogens with zero attached hydrogens (tertiary/aromatic N) is 1. The maximum Gasteiger partial charge on any atom is 0.328 e. The fourth-order valence-electron chi connectivity index (χ4n) is 3.16. The van der Waals surface area contributed by atoms with Crippen LogP contribution in [0, 0.1) is 0 Å². The normalized spacial score (nSPS) is 14.7. The topological polar surface area (TPSA) is 75.7 Å². The number of carbonyl (C=O) groups excluding carboxylic acids is 3. The number of hydrogen-bond donors (Lipinski definition) is 1. The first kappa shape index (κ1) is 18.6. The molecule has 1 aliphatic rings. The number of nitrogens with one attached hydrogen (secondary N) is 1. The van der Waals surface area contributed by atoms with Gasteiger partial charge in [-0.2, -0.15) is 0 Å². The quantitative estimate of drug-likeness (QED) is 0.796. The average Bonchev–Trinajstić information content (AvgIpc) is 3.13. The summed E-state index contributed by atoms with van der Waals surface area (Å²) in [6, 6.07) is 15.5. The van der Waals surface area contributed by atoms with Gasteiger partial charge < -0.3 is 15.0 Å². The number of anilines is 1. The van der Waals surface area contributed by atoms with E-state index in [2.05, 4.69) is 5.32 Å². The van der Waals surface area contributed by atoms with Gasteiger partial charge in [0.2, 0.25) is 5.91 Å². The van der Waals surface area contributed by atoms with Crippen LogP contribution in [-0.2, 0) is 20.7 Å². The van der Waals surface area contributed by atoms with Crippen molar-refractivity contribution in [3.63, 3.8) is 0 Å². The standard InChI is InChI=1S/C21H22N2O4/c1-27-21(26)18(13-15-7-3-2-4-8-15)22-20(25)16-9-5-10-17(14-16)23-12-6-11-19(23)24/h2-5,7-10,14,18H,6,11-13H2,1H3,(H,22,25). The lowest BCUT2D eigenvalue weighted by atomic mass is 10.1. The van der Waals surface area contributed by atoms with Crippen molar-refractivity contribution in [2.45, 2.75) is 25.3 Å². The predicted molar refractivity (Wildman–Crippen MR) is 101 cm³/mol. The van der Waals surface area contributed by atoms with Crippen molar-refractivity contribution in [3.05, 3.63) is 65.7 Å². The van der Waals surface area contributed by atoms with E-state index in [0.717, 1.165) is 12.0 Å². The molecule has 6 nitrogen and oxygen atoms in total. The van der Waals surface area contributed by atoms with Crippen LogP contribution in [0.2, 0.25) is 0 Å². The number of benzene rings is 2. The number of hydrogen-bond acceptors (Lipinski definition) is 4. The molecule has 1 fully saturated rings. The van der Waals surface area contributed by atoms with E-state index in [9.17, 15) is 14.4 Å². The lowest BCUT2D eigenvalue weighted by Crippen LogP contribution is -2.43. The summed E-state index contributed by atoms with van der Waals surface area (Å²) < 4.78 is 4.83. The number of methoxy groups -OCH3 is 1. The van der Waals surface area contributed by atoms with Gasteiger partial charge in [-0.1, -0.05) is 36.4 Å². The zero-order valence-electron chi connectivity index (χ0n) is 15.2. The van der Waals surface area contributed by atoms with Crippen LogP contribution in [0.1, 0.15) is 28.8 Å². The summed E-state index contributed by atoms with van der Waals surface area (Å²) in [5.74, 6) is -0.822. The van der Waals surface area contributed by atoms with Gasteiger partial charge in [0.15, 0.2) is 0 Å². The number of ether oxygens (including phenoxy) is 1. The largest absolute Gasteiger partial charge is 0.467 e. The summed E-state index contributed by atoms with van der Waals surface area (Å²) in [5.41, 5.74) is 2.02. The van der Waals surface area contributed by atoms with Crippen LogP contribution in [0.4, 0.5) is 5.69 Å². The second kappa shape index (κ2) is 8.49. The first-order valence-corrected chi connectivity index (χ1v) is 8.91. The van der Waals surface area contributed by atoms with Crippen molar-refractivity contribution in [3.8, 4) is 0 Å². The van der Waals surface area contributed by atoms with E-state index in [1.54, 1.807) is 23.1 Å². The van der Waals surface area contributed by atoms with Crippen molar-refractivity contribution in [2.75, 3.05) is 18.6 Å². The van der Waals surface area contributed by atoms with Crippen LogP contribution in [0.25, 0.3) is 0 Å². The number of rotatable bonds is 6. The minimum atomic E-state index is -0.790. The Morgan fingerprint density at radius 3 is 2.59 bits per heavy atom. The van der Waals surface area contributed by atoms with Crippen LogP contribution in [0.3, 0.4) is 0 Å². The summed E-state index contributed by atoms with van der Waals surface area (Å²) in [7, 11) is 1.30. The van der Waals surface area contributed by atoms with Gasteiger partial charge >= 0.3 is 5.97 Å². The fraction of sp³-hybridized carbons (Fsp3) is 0.286. The molecule has 2 amide bonds. The van der Waals surface area contributed by atoms with Crippen LogP contribution in [0.15, 0.2) is 54.6 Å². The van der Waals surface area contributed by atoms with E-state index < -0.39 is 12.0 Å². The van der Waals surface area contributed by atoms with E-state index >= 15 is 0 Å². The highest BCUT2D eigenvalue weighted by Gasteiger charge is 2.25. The molecule has 0 aromatic heterocycles. The molecule has 0 aliphatic carbocycles. The van der Waals surface area contributed by atoms with Gasteiger partial charge in [0.1, 0.15) is 6.04 Å². The van der Waals surface area contributed by atoms with Gasteiger partial charge in [-0.15, -0.1) is 0 Å². The Labute approximate surface area is 158 Å². The van der Waals surface area contributed by atoms with Gasteiger partial charge in [-0.25, -0.2) is 4.79 Å². The molecule has 1 saturated heterocycles. The summed E-state index contributed by atoms with van der Waals surface area (Å²) in [6.07, 6.45) is 1.68. The van der Waals surface area contributed by atoms with Crippen LogP contribution in [0.5, 0.6) is 0 Å². The molecular formula is C21H22N2O4. The molecule has 0 saturated carbocycles. The Hall–Kier alpha value is -3.15. The van der Waals surface area contributed by atoms with E-state index in [4.69, 9.17) is 4.74 Å². The van der Waals surface area contributed by atoms with E-state index in [-0.39, 0.29) is 11.8 Å². The third-order valence-electron chi connectivity index (χ3n) is 4.57. The molecule has 2 aromatic rings. The number of esters is 1. The molecular weight excluding hydrogens is 344 g/mol. The number of carbonyl (C=O) groups is 3. The lowest BCUT2D eigenvalue weighted by molar-refractivity contribution is -0.142. The van der Waals surface area contributed by atoms with Gasteiger partial charge in [-0.3, -0.25) is 9.59 Å². The third-order valence-corrected chi connectivity index (χ3v) is 4.57. The van der Waals surface area contributed by atoms with E-state index in [1.807, 2.05) is 36.4 Å². The second-order valence-electron chi connectivity index (χ2n) is 6.44. The predicted octanol–water partition coefficient (Wildman–Crippen LogP) is 2.33. The maximum atomic E-state index is 12.7. The van der Waals surface area contributed by atoms with Crippen molar-refractivity contribution in [1.82, 2.24) is 5.32 Å². The Balaban J connectivity index is 1.75. The molecule has 3 rings (SSSR count). The zero-order valence-corrected chi connectivity index (χ0v) is 15.2. The Bertz CT molecular complexity index is 835. The summed E-state index contributed by atoms with van der Waals surface area (Å²) >= 11 is 0. The minimum absolute atomic E-state index is 0.0593. The number of amides is 2.